The second kappa shape index (κ2) is 5.55. The minimum Gasteiger partial charge on any atom is -0.497 e. The molecule has 1 N–H and O–H groups in total. The third-order valence-corrected chi connectivity index (χ3v) is 4.35. The zero-order valence-electron chi connectivity index (χ0n) is 11.6. The van der Waals surface area contributed by atoms with Crippen molar-refractivity contribution >= 4 is 27.1 Å². The van der Waals surface area contributed by atoms with Crippen LogP contribution in [0.2, 0.25) is 0 Å². The molecule has 0 amide bonds. The average molecular weight is 283 g/mol. The first kappa shape index (κ1) is 13.0. The smallest absolute Gasteiger partial charge is 0.118 e. The molecule has 2 nitrogen and oxygen atoms in total. The third-order valence-electron chi connectivity index (χ3n) is 3.45. The normalized spacial score (nSPS) is 12.3. The first-order valence-electron chi connectivity index (χ1n) is 6.64. The monoisotopic (exact) mass is 283 g/mol. The zero-order chi connectivity index (χ0) is 13.9. The highest BCUT2D eigenvalue weighted by atomic mass is 32.1. The second-order valence-electron chi connectivity index (χ2n) is 4.81. The van der Waals surface area contributed by atoms with E-state index in [2.05, 4.69) is 54.0 Å². The van der Waals surface area contributed by atoms with Crippen LogP contribution in [0.25, 0.3) is 10.1 Å². The van der Waals surface area contributed by atoms with Gasteiger partial charge in [-0.15, -0.1) is 11.3 Å². The van der Waals surface area contributed by atoms with Crippen LogP contribution in [0.15, 0.2) is 53.9 Å². The van der Waals surface area contributed by atoms with Gasteiger partial charge in [0.1, 0.15) is 5.75 Å². The molecule has 0 radical (unpaired) electrons. The van der Waals surface area contributed by atoms with Gasteiger partial charge in [-0.1, -0.05) is 12.1 Å². The van der Waals surface area contributed by atoms with Crippen molar-refractivity contribution in [3.8, 4) is 5.75 Å². The first-order chi connectivity index (χ1) is 9.76. The van der Waals surface area contributed by atoms with Crippen molar-refractivity contribution in [1.29, 1.82) is 0 Å². The maximum absolute atomic E-state index is 5.19. The van der Waals surface area contributed by atoms with Crippen molar-refractivity contribution in [3.63, 3.8) is 0 Å². The molecule has 2 aromatic carbocycles. The summed E-state index contributed by atoms with van der Waals surface area (Å²) < 4.78 is 6.51. The Balaban J connectivity index is 1.78. The van der Waals surface area contributed by atoms with E-state index in [-0.39, 0.29) is 6.04 Å². The molecule has 3 rings (SSSR count). The van der Waals surface area contributed by atoms with Crippen molar-refractivity contribution in [2.24, 2.45) is 0 Å². The molecule has 102 valence electrons. The highest BCUT2D eigenvalue weighted by Crippen LogP contribution is 2.27. The maximum Gasteiger partial charge on any atom is 0.118 e. The highest BCUT2D eigenvalue weighted by Gasteiger charge is 2.06. The van der Waals surface area contributed by atoms with Gasteiger partial charge in [0.2, 0.25) is 0 Å². The molecule has 0 saturated carbocycles. The highest BCUT2D eigenvalue weighted by molar-refractivity contribution is 7.17. The Morgan fingerprint density at radius 2 is 1.85 bits per heavy atom. The maximum atomic E-state index is 5.19. The topological polar surface area (TPSA) is 21.3 Å². The number of nitrogens with one attached hydrogen (secondary N) is 1. The van der Waals surface area contributed by atoms with E-state index >= 15 is 0 Å². The van der Waals surface area contributed by atoms with Crippen LogP contribution in [0.1, 0.15) is 18.5 Å². The molecule has 1 aromatic heterocycles. The Kier molecular flexibility index (Phi) is 3.61. The quantitative estimate of drug-likeness (QED) is 0.720. The lowest BCUT2D eigenvalue weighted by Gasteiger charge is -2.16. The molecular weight excluding hydrogens is 266 g/mol. The van der Waals surface area contributed by atoms with E-state index in [0.29, 0.717) is 0 Å². The molecule has 1 unspecified atom stereocenters. The van der Waals surface area contributed by atoms with E-state index in [1.54, 1.807) is 18.4 Å². The number of fused-ring (bicyclic) bond motifs is 1. The fourth-order valence-electron chi connectivity index (χ4n) is 2.28. The van der Waals surface area contributed by atoms with Gasteiger partial charge in [0.05, 0.1) is 7.11 Å². The standard InChI is InChI=1S/C17H17NOS/c1-12(13-3-6-16(19-2)7-4-13)18-15-5-8-17-14(11-15)9-10-20-17/h3-12,18H,1-2H3. The number of rotatable bonds is 4. The van der Waals surface area contributed by atoms with E-state index in [1.165, 1.54) is 15.6 Å². The molecule has 1 atom stereocenters. The summed E-state index contributed by atoms with van der Waals surface area (Å²) in [6.07, 6.45) is 0. The molecular formula is C17H17NOS. The van der Waals surface area contributed by atoms with Crippen LogP contribution >= 0.6 is 11.3 Å². The Morgan fingerprint density at radius 1 is 1.05 bits per heavy atom. The number of ether oxygens (including phenoxy) is 1. The summed E-state index contributed by atoms with van der Waals surface area (Å²) in [6, 6.07) is 17.1. The van der Waals surface area contributed by atoms with E-state index < -0.39 is 0 Å². The minimum atomic E-state index is 0.261. The fourth-order valence-corrected chi connectivity index (χ4v) is 3.05. The molecule has 0 aliphatic carbocycles. The van der Waals surface area contributed by atoms with Crippen molar-refractivity contribution in [2.45, 2.75) is 13.0 Å². The van der Waals surface area contributed by atoms with Gasteiger partial charge in [-0.05, 0) is 59.7 Å². The van der Waals surface area contributed by atoms with Crippen molar-refractivity contribution in [3.05, 3.63) is 59.5 Å². The minimum absolute atomic E-state index is 0.261. The van der Waals surface area contributed by atoms with Gasteiger partial charge >= 0.3 is 0 Å². The molecule has 1 heterocycles. The van der Waals surface area contributed by atoms with Crippen LogP contribution in [-0.4, -0.2) is 7.11 Å². The fraction of sp³-hybridized carbons (Fsp3) is 0.176. The van der Waals surface area contributed by atoms with E-state index in [4.69, 9.17) is 4.74 Å². The molecule has 3 heteroatoms. The van der Waals surface area contributed by atoms with Crippen molar-refractivity contribution in [2.75, 3.05) is 12.4 Å². The van der Waals surface area contributed by atoms with Crippen LogP contribution in [0.4, 0.5) is 5.69 Å². The summed E-state index contributed by atoms with van der Waals surface area (Å²) in [4.78, 5) is 0. The van der Waals surface area contributed by atoms with Gasteiger partial charge in [-0.3, -0.25) is 0 Å². The summed E-state index contributed by atoms with van der Waals surface area (Å²) in [7, 11) is 1.69. The summed E-state index contributed by atoms with van der Waals surface area (Å²) in [5, 5.41) is 6.96. The number of benzene rings is 2. The second-order valence-corrected chi connectivity index (χ2v) is 5.76. The molecule has 3 aromatic rings. The van der Waals surface area contributed by atoms with Crippen molar-refractivity contribution in [1.82, 2.24) is 0 Å². The Labute approximate surface area is 123 Å². The summed E-state index contributed by atoms with van der Waals surface area (Å²) in [5.74, 6) is 0.889. The van der Waals surface area contributed by atoms with Gasteiger partial charge in [0, 0.05) is 16.4 Å². The van der Waals surface area contributed by atoms with Gasteiger partial charge in [0.25, 0.3) is 0 Å². The molecule has 0 saturated heterocycles. The van der Waals surface area contributed by atoms with Gasteiger partial charge in [0.15, 0.2) is 0 Å². The van der Waals surface area contributed by atoms with Crippen LogP contribution in [0.5, 0.6) is 5.75 Å². The van der Waals surface area contributed by atoms with Crippen LogP contribution in [0, 0.1) is 0 Å². The van der Waals surface area contributed by atoms with Crippen LogP contribution in [-0.2, 0) is 0 Å². The molecule has 0 fully saturated rings. The molecule has 20 heavy (non-hydrogen) atoms. The third kappa shape index (κ3) is 2.63. The van der Waals surface area contributed by atoms with E-state index in [9.17, 15) is 0 Å². The lowest BCUT2D eigenvalue weighted by Crippen LogP contribution is -2.06. The number of hydrogen-bond donors (Lipinski definition) is 1. The summed E-state index contributed by atoms with van der Waals surface area (Å²) in [6.45, 7) is 2.17. The SMILES string of the molecule is COc1ccc(C(C)Nc2ccc3sccc3c2)cc1. The van der Waals surface area contributed by atoms with E-state index in [1.807, 2.05) is 12.1 Å². The van der Waals surface area contributed by atoms with Gasteiger partial charge < -0.3 is 10.1 Å². The zero-order valence-corrected chi connectivity index (χ0v) is 12.4. The van der Waals surface area contributed by atoms with Crippen molar-refractivity contribution < 1.29 is 4.74 Å². The lowest BCUT2D eigenvalue weighted by atomic mass is 10.1. The largest absolute Gasteiger partial charge is 0.497 e. The molecule has 0 aliphatic heterocycles. The predicted octanol–water partition coefficient (Wildman–Crippen LogP) is 5.08. The summed E-state index contributed by atoms with van der Waals surface area (Å²) >= 11 is 1.77. The number of thiophene rings is 1. The van der Waals surface area contributed by atoms with E-state index in [0.717, 1.165) is 11.4 Å². The molecule has 0 bridgehead atoms. The average Bonchev–Trinajstić information content (AvgIpc) is 2.95. The van der Waals surface area contributed by atoms with Gasteiger partial charge in [-0.2, -0.15) is 0 Å². The molecule has 0 aliphatic rings. The number of methoxy groups -OCH3 is 1. The summed E-state index contributed by atoms with van der Waals surface area (Å²) in [5.41, 5.74) is 2.40. The molecule has 0 spiro atoms. The number of anilines is 1. The van der Waals surface area contributed by atoms with Crippen LogP contribution < -0.4 is 10.1 Å². The number of hydrogen-bond acceptors (Lipinski definition) is 3. The predicted molar refractivity (Wildman–Crippen MR) is 86.9 cm³/mol. The first-order valence-corrected chi connectivity index (χ1v) is 7.52. The Hall–Kier alpha value is -2.00. The Bertz CT molecular complexity index is 702. The Morgan fingerprint density at radius 3 is 2.60 bits per heavy atom. The van der Waals surface area contributed by atoms with Crippen LogP contribution in [0.3, 0.4) is 0 Å². The lowest BCUT2D eigenvalue weighted by molar-refractivity contribution is 0.414. The van der Waals surface area contributed by atoms with Gasteiger partial charge in [-0.25, -0.2) is 0 Å².